The molecule has 1 aliphatic heterocycles. The summed E-state index contributed by atoms with van der Waals surface area (Å²) < 4.78 is 0. The molecule has 1 aliphatic rings. The largest absolute Gasteiger partial charge is 0.296 e. The molecule has 1 saturated heterocycles. The Morgan fingerprint density at radius 3 is 2.42 bits per heavy atom. The van der Waals surface area contributed by atoms with Crippen molar-refractivity contribution in [2.75, 3.05) is 4.90 Å². The van der Waals surface area contributed by atoms with E-state index in [1.807, 2.05) is 62.4 Å². The molecule has 2 aromatic carbocycles. The van der Waals surface area contributed by atoms with Crippen LogP contribution in [0.25, 0.3) is 0 Å². The van der Waals surface area contributed by atoms with E-state index in [2.05, 4.69) is 0 Å². The van der Waals surface area contributed by atoms with Gasteiger partial charge in [-0.1, -0.05) is 42.0 Å². The number of amides is 1. The van der Waals surface area contributed by atoms with Gasteiger partial charge in [0.15, 0.2) is 0 Å². The first kappa shape index (κ1) is 15.9. The second-order valence-corrected chi connectivity index (χ2v) is 6.03. The van der Waals surface area contributed by atoms with Gasteiger partial charge in [-0.25, -0.2) is 0 Å². The number of allylic oxidation sites excluding steroid dienone is 1. The molecule has 3 rings (SSSR count). The summed E-state index contributed by atoms with van der Waals surface area (Å²) in [6.07, 6.45) is 0. The highest BCUT2D eigenvalue weighted by Crippen LogP contribution is 2.45. The van der Waals surface area contributed by atoms with E-state index in [0.717, 1.165) is 22.4 Å². The Balaban J connectivity index is 2.18. The number of anilines is 1. The molecule has 5 heteroatoms. The molecule has 0 saturated carbocycles. The van der Waals surface area contributed by atoms with Crippen molar-refractivity contribution in [3.8, 4) is 0 Å². The molecule has 1 amide bonds. The summed E-state index contributed by atoms with van der Waals surface area (Å²) in [6.45, 7) is 5.33. The molecule has 0 spiro atoms. The molecule has 24 heavy (non-hydrogen) atoms. The van der Waals surface area contributed by atoms with E-state index in [9.17, 15) is 14.9 Å². The van der Waals surface area contributed by atoms with Gasteiger partial charge in [0.1, 0.15) is 5.57 Å². The zero-order valence-corrected chi connectivity index (χ0v) is 13.8. The number of nitrogens with zero attached hydrogens (tertiary/aromatic N) is 2. The van der Waals surface area contributed by atoms with E-state index in [0.29, 0.717) is 0 Å². The second-order valence-electron chi connectivity index (χ2n) is 6.03. The summed E-state index contributed by atoms with van der Waals surface area (Å²) >= 11 is 0. The lowest BCUT2D eigenvalue weighted by Gasteiger charge is -2.43. The van der Waals surface area contributed by atoms with Crippen molar-refractivity contribution < 1.29 is 9.72 Å². The van der Waals surface area contributed by atoms with E-state index in [4.69, 9.17) is 0 Å². The molecule has 0 aliphatic carbocycles. The molecule has 1 atom stereocenters. The first-order valence-electron chi connectivity index (χ1n) is 7.72. The first-order valence-corrected chi connectivity index (χ1v) is 7.72. The van der Waals surface area contributed by atoms with Crippen molar-refractivity contribution in [3.63, 3.8) is 0 Å². The highest BCUT2D eigenvalue weighted by molar-refractivity contribution is 6.15. The van der Waals surface area contributed by atoms with E-state index in [-0.39, 0.29) is 17.2 Å². The Morgan fingerprint density at radius 1 is 1.12 bits per heavy atom. The van der Waals surface area contributed by atoms with Crippen LogP contribution in [0, 0.1) is 24.0 Å². The summed E-state index contributed by atoms with van der Waals surface area (Å²) in [7, 11) is 0. The smallest absolute Gasteiger partial charge is 0.264 e. The highest BCUT2D eigenvalue weighted by Gasteiger charge is 2.48. The average molecular weight is 322 g/mol. The Kier molecular flexibility index (Phi) is 3.93. The minimum absolute atomic E-state index is 0.0851. The average Bonchev–Trinajstić information content (AvgIpc) is 2.56. The van der Waals surface area contributed by atoms with Gasteiger partial charge < -0.3 is 0 Å². The highest BCUT2D eigenvalue weighted by atomic mass is 16.6. The fourth-order valence-electron chi connectivity index (χ4n) is 3.08. The summed E-state index contributed by atoms with van der Waals surface area (Å²) in [5.41, 5.74) is 3.91. The third kappa shape index (κ3) is 2.48. The van der Waals surface area contributed by atoms with Gasteiger partial charge >= 0.3 is 0 Å². The molecular formula is C19H18N2O3. The zero-order chi connectivity index (χ0) is 17.4. The maximum Gasteiger partial charge on any atom is 0.264 e. The van der Waals surface area contributed by atoms with Crippen LogP contribution in [0.1, 0.15) is 29.7 Å². The zero-order valence-electron chi connectivity index (χ0n) is 13.8. The van der Waals surface area contributed by atoms with Crippen LogP contribution in [-0.2, 0) is 4.79 Å². The van der Waals surface area contributed by atoms with Crippen LogP contribution in [0.3, 0.4) is 0 Å². The Labute approximate surface area is 140 Å². The van der Waals surface area contributed by atoms with Gasteiger partial charge in [-0.3, -0.25) is 19.8 Å². The predicted octanol–water partition coefficient (Wildman–Crippen LogP) is 3.94. The molecule has 1 unspecified atom stereocenters. The van der Waals surface area contributed by atoms with Crippen LogP contribution in [0.2, 0.25) is 0 Å². The minimum Gasteiger partial charge on any atom is -0.296 e. The van der Waals surface area contributed by atoms with Gasteiger partial charge in [0, 0.05) is 12.6 Å². The number of hydrogen-bond acceptors (Lipinski definition) is 3. The minimum atomic E-state index is -0.478. The molecule has 1 fully saturated rings. The van der Waals surface area contributed by atoms with Crippen molar-refractivity contribution in [2.45, 2.75) is 26.8 Å². The van der Waals surface area contributed by atoms with Crippen LogP contribution in [0.4, 0.5) is 5.69 Å². The molecule has 2 aromatic rings. The summed E-state index contributed by atoms with van der Waals surface area (Å²) in [5, 5.41) is 11.2. The van der Waals surface area contributed by atoms with E-state index >= 15 is 0 Å². The molecule has 0 radical (unpaired) electrons. The number of carbonyl (C=O) groups excluding carboxylic acids is 1. The number of carbonyl (C=O) groups is 1. The van der Waals surface area contributed by atoms with Gasteiger partial charge in [0.05, 0.1) is 11.0 Å². The lowest BCUT2D eigenvalue weighted by Crippen LogP contribution is -2.50. The summed E-state index contributed by atoms with van der Waals surface area (Å²) in [5.74, 6) is -0.304. The third-order valence-corrected chi connectivity index (χ3v) is 4.41. The number of β-lactam (4-membered cyclic amide) rings is 1. The first-order chi connectivity index (χ1) is 11.4. The predicted molar refractivity (Wildman–Crippen MR) is 92.3 cm³/mol. The van der Waals surface area contributed by atoms with E-state index in [1.165, 1.54) is 6.92 Å². The third-order valence-electron chi connectivity index (χ3n) is 4.41. The van der Waals surface area contributed by atoms with Crippen molar-refractivity contribution in [1.82, 2.24) is 0 Å². The Morgan fingerprint density at radius 2 is 1.79 bits per heavy atom. The van der Waals surface area contributed by atoms with E-state index in [1.54, 1.807) is 4.90 Å². The standard InChI is InChI=1S/C19H18N2O3/c1-12-9-10-13(2)16(11-12)18-17(14(3)21(23)24)19(22)20(18)15-7-5-4-6-8-15/h4-11,18H,1-3H3/b17-14+. The number of benzene rings is 2. The fourth-order valence-corrected chi connectivity index (χ4v) is 3.08. The summed E-state index contributed by atoms with van der Waals surface area (Å²) in [4.78, 5) is 25.0. The monoisotopic (exact) mass is 322 g/mol. The molecule has 0 N–H and O–H groups in total. The lowest BCUT2D eigenvalue weighted by molar-refractivity contribution is -0.425. The number of hydrogen-bond donors (Lipinski definition) is 0. The van der Waals surface area contributed by atoms with Crippen LogP contribution in [0.5, 0.6) is 0 Å². The molecule has 1 heterocycles. The summed E-state index contributed by atoms with van der Waals surface area (Å²) in [6, 6.07) is 14.8. The second kappa shape index (κ2) is 5.92. The van der Waals surface area contributed by atoms with Crippen LogP contribution >= 0.6 is 0 Å². The molecule has 5 nitrogen and oxygen atoms in total. The number of aryl methyl sites for hydroxylation is 2. The Hall–Kier alpha value is -2.95. The van der Waals surface area contributed by atoms with Crippen LogP contribution in [-0.4, -0.2) is 10.8 Å². The van der Waals surface area contributed by atoms with Crippen LogP contribution < -0.4 is 4.90 Å². The quantitative estimate of drug-likeness (QED) is 0.372. The topological polar surface area (TPSA) is 63.5 Å². The van der Waals surface area contributed by atoms with Gasteiger partial charge in [0.2, 0.25) is 0 Å². The van der Waals surface area contributed by atoms with E-state index < -0.39 is 11.0 Å². The van der Waals surface area contributed by atoms with Crippen LogP contribution in [0.15, 0.2) is 59.8 Å². The molecular weight excluding hydrogens is 304 g/mol. The maximum atomic E-state index is 12.7. The number of rotatable bonds is 3. The molecule has 0 bridgehead atoms. The van der Waals surface area contributed by atoms with Gasteiger partial charge in [-0.15, -0.1) is 0 Å². The molecule has 0 aromatic heterocycles. The van der Waals surface area contributed by atoms with Crippen molar-refractivity contribution in [2.24, 2.45) is 0 Å². The lowest BCUT2D eigenvalue weighted by atomic mass is 9.83. The Bertz CT molecular complexity index is 856. The van der Waals surface area contributed by atoms with Crippen molar-refractivity contribution in [1.29, 1.82) is 0 Å². The van der Waals surface area contributed by atoms with Gasteiger partial charge in [-0.2, -0.15) is 0 Å². The normalized spacial score (nSPS) is 19.0. The number of nitro groups is 1. The maximum absolute atomic E-state index is 12.7. The number of para-hydroxylation sites is 1. The van der Waals surface area contributed by atoms with Crippen molar-refractivity contribution in [3.05, 3.63) is 86.6 Å². The fraction of sp³-hybridized carbons (Fsp3) is 0.211. The SMILES string of the molecule is C/C(=C1\C(=O)N(c2ccccc2)C1c1cc(C)ccc1C)[N+](=O)[O-]. The van der Waals surface area contributed by atoms with Gasteiger partial charge in [0.25, 0.3) is 11.6 Å². The van der Waals surface area contributed by atoms with Crippen molar-refractivity contribution >= 4 is 11.6 Å². The van der Waals surface area contributed by atoms with Gasteiger partial charge in [-0.05, 0) is 37.1 Å². The molecule has 122 valence electrons.